The minimum Gasteiger partial charge on any atom is -0.466 e. The highest BCUT2D eigenvalue weighted by molar-refractivity contribution is 5.70. The molecule has 0 spiro atoms. The summed E-state index contributed by atoms with van der Waals surface area (Å²) < 4.78 is 5.05. The number of esters is 1. The van der Waals surface area contributed by atoms with Gasteiger partial charge in [0.1, 0.15) is 0 Å². The van der Waals surface area contributed by atoms with E-state index >= 15 is 0 Å². The van der Waals surface area contributed by atoms with Crippen LogP contribution in [0.25, 0.3) is 0 Å². The maximum absolute atomic E-state index is 11.9. The van der Waals surface area contributed by atoms with Gasteiger partial charge in [0.15, 0.2) is 0 Å². The highest BCUT2D eigenvalue weighted by atomic mass is 16.6. The Labute approximate surface area is 112 Å². The first-order valence-electron chi connectivity index (χ1n) is 7.36. The third-order valence-corrected chi connectivity index (χ3v) is 5.85. The molecule has 0 amide bonds. The van der Waals surface area contributed by atoms with E-state index in [4.69, 9.17) is 4.74 Å². The fourth-order valence-corrected chi connectivity index (χ4v) is 5.41. The summed E-state index contributed by atoms with van der Waals surface area (Å²) in [6, 6.07) is 0. The van der Waals surface area contributed by atoms with E-state index in [1.54, 1.807) is 6.92 Å². The Morgan fingerprint density at radius 3 is 2.47 bits per heavy atom. The summed E-state index contributed by atoms with van der Waals surface area (Å²) in [5.41, 5.74) is -0.397. The molecule has 0 N–H and O–H groups in total. The lowest BCUT2D eigenvalue weighted by molar-refractivity contribution is -0.511. The number of rotatable bonds is 5. The van der Waals surface area contributed by atoms with Crippen molar-refractivity contribution in [2.24, 2.45) is 29.1 Å². The van der Waals surface area contributed by atoms with E-state index in [1.807, 2.05) is 0 Å². The van der Waals surface area contributed by atoms with Crippen LogP contribution in [0.1, 0.15) is 39.0 Å². The van der Waals surface area contributed by atoms with Crippen molar-refractivity contribution in [2.75, 3.05) is 13.2 Å². The normalized spacial score (nSPS) is 42.6. The monoisotopic (exact) mass is 267 g/mol. The van der Waals surface area contributed by atoms with Crippen molar-refractivity contribution in [3.05, 3.63) is 10.1 Å². The number of ether oxygens (including phenoxy) is 1. The van der Waals surface area contributed by atoms with Gasteiger partial charge in [-0.05, 0) is 56.3 Å². The third kappa shape index (κ3) is 1.77. The summed E-state index contributed by atoms with van der Waals surface area (Å²) >= 11 is 0. The largest absolute Gasteiger partial charge is 0.466 e. The number of carbonyl (C=O) groups excluding carboxylic acids is 1. The van der Waals surface area contributed by atoms with E-state index in [0.29, 0.717) is 24.4 Å². The van der Waals surface area contributed by atoms with Crippen molar-refractivity contribution in [2.45, 2.75) is 39.0 Å². The third-order valence-electron chi connectivity index (χ3n) is 5.85. The Bertz CT molecular complexity index is 392. The molecule has 3 aliphatic rings. The Morgan fingerprint density at radius 1 is 1.32 bits per heavy atom. The highest BCUT2D eigenvalue weighted by Crippen LogP contribution is 2.72. The average molecular weight is 267 g/mol. The number of nitrogens with zero attached hydrogens (tertiary/aromatic N) is 1. The van der Waals surface area contributed by atoms with Crippen LogP contribution in [0.15, 0.2) is 0 Å². The molecule has 0 aliphatic heterocycles. The zero-order valence-corrected chi connectivity index (χ0v) is 11.3. The Hall–Kier alpha value is -1.13. The number of hydrogen-bond donors (Lipinski definition) is 0. The molecule has 0 aromatic carbocycles. The second kappa shape index (κ2) is 4.46. The molecule has 5 atom stereocenters. The predicted molar refractivity (Wildman–Crippen MR) is 68.0 cm³/mol. The molecule has 0 radical (unpaired) electrons. The maximum Gasteiger partial charge on any atom is 0.306 e. The zero-order chi connectivity index (χ0) is 13.6. The highest BCUT2D eigenvalue weighted by Gasteiger charge is 2.70. The van der Waals surface area contributed by atoms with E-state index in [1.165, 1.54) is 12.8 Å². The molecule has 0 unspecified atom stereocenters. The van der Waals surface area contributed by atoms with Crippen LogP contribution in [0.3, 0.4) is 0 Å². The van der Waals surface area contributed by atoms with Gasteiger partial charge in [0.05, 0.1) is 18.4 Å². The molecule has 3 aliphatic carbocycles. The van der Waals surface area contributed by atoms with Gasteiger partial charge in [0.25, 0.3) is 0 Å². The molecule has 5 heteroatoms. The molecule has 5 nitrogen and oxygen atoms in total. The Balaban J connectivity index is 1.82. The second-order valence-electron chi connectivity index (χ2n) is 6.41. The predicted octanol–water partition coefficient (Wildman–Crippen LogP) is 2.27. The fraction of sp³-hybridized carbons (Fsp3) is 0.929. The molecule has 0 heterocycles. The van der Waals surface area contributed by atoms with Gasteiger partial charge < -0.3 is 4.74 Å². The molecule has 19 heavy (non-hydrogen) atoms. The molecule has 106 valence electrons. The molecule has 3 saturated carbocycles. The van der Waals surface area contributed by atoms with Crippen LogP contribution in [0.5, 0.6) is 0 Å². The standard InChI is InChI=1S/C14H21NO4/c1-2-19-12(16)7-14(8-15(17)18)10-5-3-9-4-6-11(14)13(9)10/h9-11,13H,2-8H2,1H3/t9-,10-,11+,13+,14+. The number of hydrogen-bond acceptors (Lipinski definition) is 4. The van der Waals surface area contributed by atoms with Crippen LogP contribution in [0, 0.1) is 39.2 Å². The molecule has 0 aromatic rings. The van der Waals surface area contributed by atoms with Gasteiger partial charge in [0.2, 0.25) is 6.54 Å². The minimum absolute atomic E-state index is 0.0512. The van der Waals surface area contributed by atoms with Crippen LogP contribution in [0.4, 0.5) is 0 Å². The van der Waals surface area contributed by atoms with E-state index in [0.717, 1.165) is 18.8 Å². The smallest absolute Gasteiger partial charge is 0.306 e. The molecule has 0 aromatic heterocycles. The summed E-state index contributed by atoms with van der Waals surface area (Å²) in [5.74, 6) is 1.96. The van der Waals surface area contributed by atoms with Crippen molar-refractivity contribution < 1.29 is 14.5 Å². The SMILES string of the molecule is CCOC(=O)C[C@]1(C[N+](=O)[O-])[C@@H]2CC[C@@H]3CC[C@H]1[C@@H]32. The first-order chi connectivity index (χ1) is 9.08. The van der Waals surface area contributed by atoms with E-state index in [9.17, 15) is 14.9 Å². The van der Waals surface area contributed by atoms with Crippen LogP contribution < -0.4 is 0 Å². The number of carbonyl (C=O) groups is 1. The average Bonchev–Trinajstić information content (AvgIpc) is 2.82. The summed E-state index contributed by atoms with van der Waals surface area (Å²) in [6.07, 6.45) is 4.79. The first-order valence-corrected chi connectivity index (χ1v) is 7.36. The molecule has 3 fully saturated rings. The van der Waals surface area contributed by atoms with Gasteiger partial charge in [-0.25, -0.2) is 0 Å². The minimum atomic E-state index is -0.397. The Kier molecular flexibility index (Phi) is 3.02. The number of nitro groups is 1. The Morgan fingerprint density at radius 2 is 1.95 bits per heavy atom. The molecular formula is C14H21NO4. The van der Waals surface area contributed by atoms with E-state index in [2.05, 4.69) is 0 Å². The van der Waals surface area contributed by atoms with Gasteiger partial charge in [-0.3, -0.25) is 14.9 Å². The van der Waals surface area contributed by atoms with Crippen LogP contribution in [-0.2, 0) is 9.53 Å². The maximum atomic E-state index is 11.9. The lowest BCUT2D eigenvalue weighted by Crippen LogP contribution is -2.58. The quantitative estimate of drug-likeness (QED) is 0.435. The lowest BCUT2D eigenvalue weighted by atomic mass is 9.47. The van der Waals surface area contributed by atoms with Gasteiger partial charge in [-0.2, -0.15) is 0 Å². The van der Waals surface area contributed by atoms with Crippen molar-refractivity contribution in [3.63, 3.8) is 0 Å². The van der Waals surface area contributed by atoms with Gasteiger partial charge in [-0.1, -0.05) is 0 Å². The van der Waals surface area contributed by atoms with Crippen LogP contribution >= 0.6 is 0 Å². The van der Waals surface area contributed by atoms with Crippen molar-refractivity contribution in [3.8, 4) is 0 Å². The second-order valence-corrected chi connectivity index (χ2v) is 6.41. The van der Waals surface area contributed by atoms with Crippen LogP contribution in [0.2, 0.25) is 0 Å². The molecule has 0 bridgehead atoms. The van der Waals surface area contributed by atoms with Crippen molar-refractivity contribution in [1.82, 2.24) is 0 Å². The summed E-state index contributed by atoms with van der Waals surface area (Å²) in [5, 5.41) is 11.1. The summed E-state index contributed by atoms with van der Waals surface area (Å²) in [7, 11) is 0. The summed E-state index contributed by atoms with van der Waals surface area (Å²) in [6.45, 7) is 2.09. The molecular weight excluding hydrogens is 246 g/mol. The molecule has 0 saturated heterocycles. The van der Waals surface area contributed by atoms with Crippen LogP contribution in [-0.4, -0.2) is 24.0 Å². The fourth-order valence-electron chi connectivity index (χ4n) is 5.41. The van der Waals surface area contributed by atoms with Crippen molar-refractivity contribution in [1.29, 1.82) is 0 Å². The first kappa shape index (κ1) is 12.9. The van der Waals surface area contributed by atoms with E-state index in [-0.39, 0.29) is 23.9 Å². The van der Waals surface area contributed by atoms with Gasteiger partial charge >= 0.3 is 5.97 Å². The van der Waals surface area contributed by atoms with E-state index < -0.39 is 5.41 Å². The van der Waals surface area contributed by atoms with Gasteiger partial charge in [0, 0.05) is 4.92 Å². The lowest BCUT2D eigenvalue weighted by Gasteiger charge is -2.55. The molecule has 3 rings (SSSR count). The van der Waals surface area contributed by atoms with Gasteiger partial charge in [-0.15, -0.1) is 0 Å². The summed E-state index contributed by atoms with van der Waals surface area (Å²) in [4.78, 5) is 22.7. The van der Waals surface area contributed by atoms with Crippen molar-refractivity contribution >= 4 is 5.97 Å². The zero-order valence-electron chi connectivity index (χ0n) is 11.3. The topological polar surface area (TPSA) is 69.4 Å².